The molecule has 3 nitrogen and oxygen atoms in total. The summed E-state index contributed by atoms with van der Waals surface area (Å²) < 4.78 is 0. The first-order chi connectivity index (χ1) is 16.5. The van der Waals surface area contributed by atoms with E-state index in [0.717, 1.165) is 35.2 Å². The van der Waals surface area contributed by atoms with Gasteiger partial charge in [0, 0.05) is 11.9 Å². The van der Waals surface area contributed by atoms with Crippen LogP contribution in [0.25, 0.3) is 0 Å². The zero-order valence-corrected chi connectivity index (χ0v) is 20.2. The number of hydrogen-bond donors (Lipinski definition) is 1. The number of nitrogens with one attached hydrogen (secondary N) is 1. The number of rotatable bonds is 8. The molecule has 1 heterocycles. The molecule has 0 fully saturated rings. The van der Waals surface area contributed by atoms with Gasteiger partial charge in [0.25, 0.3) is 0 Å². The lowest BCUT2D eigenvalue weighted by Gasteiger charge is -2.22. The topological polar surface area (TPSA) is 42.0 Å². The molecule has 4 aromatic rings. The Kier molecular flexibility index (Phi) is 7.54. The van der Waals surface area contributed by atoms with E-state index < -0.39 is 0 Å². The molecule has 3 heteroatoms. The van der Waals surface area contributed by atoms with Crippen molar-refractivity contribution in [3.8, 4) is 0 Å². The van der Waals surface area contributed by atoms with Crippen LogP contribution in [0.5, 0.6) is 0 Å². The van der Waals surface area contributed by atoms with Crippen molar-refractivity contribution in [2.75, 3.05) is 0 Å². The van der Waals surface area contributed by atoms with Gasteiger partial charge >= 0.3 is 0 Å². The molecule has 0 aliphatic rings. The van der Waals surface area contributed by atoms with Crippen LogP contribution in [0.2, 0.25) is 0 Å². The zero-order valence-electron chi connectivity index (χ0n) is 20.2. The number of benzene rings is 3. The first-order valence-electron chi connectivity index (χ1n) is 11.9. The van der Waals surface area contributed by atoms with Crippen LogP contribution in [0.3, 0.4) is 0 Å². The maximum absolute atomic E-state index is 13.1. The maximum Gasteiger partial charge on any atom is 0.225 e. The number of carbonyl (C=O) groups is 1. The third-order valence-electron chi connectivity index (χ3n) is 6.36. The number of aryl methyl sites for hydroxylation is 5. The third kappa shape index (κ3) is 5.99. The van der Waals surface area contributed by atoms with Crippen LogP contribution in [-0.2, 0) is 24.1 Å². The third-order valence-corrected chi connectivity index (χ3v) is 6.36. The number of nitrogens with zero attached hydrogens (tertiary/aromatic N) is 1. The van der Waals surface area contributed by atoms with Crippen LogP contribution in [0, 0.1) is 20.8 Å². The molecule has 172 valence electrons. The highest BCUT2D eigenvalue weighted by Gasteiger charge is 2.19. The Morgan fingerprint density at radius 2 is 1.56 bits per heavy atom. The predicted octanol–water partition coefficient (Wildman–Crippen LogP) is 6.24. The molecular formula is C31H32N2O. The Bertz CT molecular complexity index is 1250. The molecule has 3 aromatic carbocycles. The molecule has 1 aromatic heterocycles. The van der Waals surface area contributed by atoms with Crippen LogP contribution >= 0.6 is 0 Å². The Morgan fingerprint density at radius 1 is 0.824 bits per heavy atom. The lowest BCUT2D eigenvalue weighted by atomic mass is 9.93. The smallest absolute Gasteiger partial charge is 0.225 e. The maximum atomic E-state index is 13.1. The minimum atomic E-state index is -0.170. The van der Waals surface area contributed by atoms with Crippen molar-refractivity contribution >= 4 is 5.91 Å². The van der Waals surface area contributed by atoms with Gasteiger partial charge in [-0.1, -0.05) is 84.4 Å². The molecule has 0 aliphatic carbocycles. The quantitative estimate of drug-likeness (QED) is 0.347. The van der Waals surface area contributed by atoms with Crippen LogP contribution in [0.15, 0.2) is 91.1 Å². The standard InChI is InChI=1S/C31H32N2O/c1-22-11-18-29(23(2)20-22)31(28-8-5-4-6-9-28)33-30(34)21-26-14-12-25(13-15-26)16-17-27-10-7-19-32-24(27)3/h4-15,18-20,31H,16-17,21H2,1-3H3,(H,33,34). The lowest BCUT2D eigenvalue weighted by molar-refractivity contribution is -0.120. The number of hydrogen-bond acceptors (Lipinski definition) is 2. The molecule has 0 saturated heterocycles. The van der Waals surface area contributed by atoms with Crippen molar-refractivity contribution in [1.82, 2.24) is 10.3 Å². The van der Waals surface area contributed by atoms with Crippen LogP contribution < -0.4 is 5.32 Å². The Morgan fingerprint density at radius 3 is 2.26 bits per heavy atom. The average Bonchev–Trinajstić information content (AvgIpc) is 2.84. The van der Waals surface area contributed by atoms with Gasteiger partial charge in [0.1, 0.15) is 0 Å². The van der Waals surface area contributed by atoms with Crippen molar-refractivity contribution in [3.05, 3.63) is 136 Å². The van der Waals surface area contributed by atoms with E-state index in [0.29, 0.717) is 6.42 Å². The number of carbonyl (C=O) groups excluding carboxylic acids is 1. The molecule has 0 radical (unpaired) electrons. The van der Waals surface area contributed by atoms with Crippen LogP contribution in [0.4, 0.5) is 0 Å². The number of pyridine rings is 1. The summed E-state index contributed by atoms with van der Waals surface area (Å²) in [5.41, 5.74) is 9.28. The molecule has 1 amide bonds. The molecule has 0 aliphatic heterocycles. The molecule has 1 unspecified atom stereocenters. The minimum Gasteiger partial charge on any atom is -0.345 e. The first kappa shape index (κ1) is 23.4. The number of aromatic nitrogens is 1. The number of amides is 1. The highest BCUT2D eigenvalue weighted by atomic mass is 16.1. The van der Waals surface area contributed by atoms with Gasteiger partial charge in [-0.25, -0.2) is 0 Å². The summed E-state index contributed by atoms with van der Waals surface area (Å²) in [5.74, 6) is 0.0209. The van der Waals surface area contributed by atoms with Gasteiger partial charge in [-0.15, -0.1) is 0 Å². The highest BCUT2D eigenvalue weighted by molar-refractivity contribution is 5.79. The summed E-state index contributed by atoms with van der Waals surface area (Å²) in [6.45, 7) is 6.25. The molecule has 0 bridgehead atoms. The molecule has 1 N–H and O–H groups in total. The molecule has 34 heavy (non-hydrogen) atoms. The van der Waals surface area contributed by atoms with Crippen molar-refractivity contribution < 1.29 is 4.79 Å². The SMILES string of the molecule is Cc1ccc(C(NC(=O)Cc2ccc(CCc3cccnc3C)cc2)c2ccccc2)c(C)c1. The summed E-state index contributed by atoms with van der Waals surface area (Å²) in [5, 5.41) is 3.28. The van der Waals surface area contributed by atoms with E-state index >= 15 is 0 Å². The largest absolute Gasteiger partial charge is 0.345 e. The Balaban J connectivity index is 1.43. The van der Waals surface area contributed by atoms with Gasteiger partial charge in [-0.2, -0.15) is 0 Å². The summed E-state index contributed by atoms with van der Waals surface area (Å²) in [4.78, 5) is 17.4. The predicted molar refractivity (Wildman–Crippen MR) is 139 cm³/mol. The van der Waals surface area contributed by atoms with Gasteiger partial charge in [0.05, 0.1) is 12.5 Å². The van der Waals surface area contributed by atoms with Gasteiger partial charge < -0.3 is 5.32 Å². The molecule has 0 spiro atoms. The van der Waals surface area contributed by atoms with Crippen molar-refractivity contribution in [3.63, 3.8) is 0 Å². The Labute approximate surface area is 202 Å². The summed E-state index contributed by atoms with van der Waals surface area (Å²) in [7, 11) is 0. The minimum absolute atomic E-state index is 0.0209. The summed E-state index contributed by atoms with van der Waals surface area (Å²) in [6, 6.07) is 28.9. The fourth-order valence-electron chi connectivity index (χ4n) is 4.42. The summed E-state index contributed by atoms with van der Waals surface area (Å²) in [6.07, 6.45) is 4.12. The van der Waals surface area contributed by atoms with Crippen LogP contribution in [-0.4, -0.2) is 10.9 Å². The molecule has 0 saturated carbocycles. The fraction of sp³-hybridized carbons (Fsp3) is 0.226. The van der Waals surface area contributed by atoms with Crippen molar-refractivity contribution in [2.24, 2.45) is 0 Å². The fourth-order valence-corrected chi connectivity index (χ4v) is 4.42. The normalized spacial score (nSPS) is 11.7. The average molecular weight is 449 g/mol. The Hall–Kier alpha value is -3.72. The second-order valence-corrected chi connectivity index (χ2v) is 9.01. The zero-order chi connectivity index (χ0) is 23.9. The van der Waals surface area contributed by atoms with E-state index in [4.69, 9.17) is 0 Å². The second kappa shape index (κ2) is 10.9. The monoisotopic (exact) mass is 448 g/mol. The summed E-state index contributed by atoms with van der Waals surface area (Å²) >= 11 is 0. The van der Waals surface area contributed by atoms with E-state index in [2.05, 4.69) is 91.7 Å². The first-order valence-corrected chi connectivity index (χ1v) is 11.9. The van der Waals surface area contributed by atoms with Gasteiger partial charge in [-0.05, 0) is 73.1 Å². The second-order valence-electron chi connectivity index (χ2n) is 9.01. The van der Waals surface area contributed by atoms with E-state index in [9.17, 15) is 4.79 Å². The van der Waals surface area contributed by atoms with E-state index in [-0.39, 0.29) is 11.9 Å². The van der Waals surface area contributed by atoms with Gasteiger partial charge in [0.2, 0.25) is 5.91 Å². The molecular weight excluding hydrogens is 416 g/mol. The molecule has 4 rings (SSSR count). The van der Waals surface area contributed by atoms with Crippen LogP contribution in [0.1, 0.15) is 50.7 Å². The van der Waals surface area contributed by atoms with Gasteiger partial charge in [-0.3, -0.25) is 9.78 Å². The van der Waals surface area contributed by atoms with E-state index in [1.807, 2.05) is 30.5 Å². The van der Waals surface area contributed by atoms with Crippen molar-refractivity contribution in [2.45, 2.75) is 46.1 Å². The van der Waals surface area contributed by atoms with Gasteiger partial charge in [0.15, 0.2) is 0 Å². The van der Waals surface area contributed by atoms with Crippen molar-refractivity contribution in [1.29, 1.82) is 0 Å². The van der Waals surface area contributed by atoms with E-state index in [1.165, 1.54) is 22.3 Å². The lowest BCUT2D eigenvalue weighted by Crippen LogP contribution is -2.31. The highest BCUT2D eigenvalue weighted by Crippen LogP contribution is 2.26. The molecule has 1 atom stereocenters. The van der Waals surface area contributed by atoms with E-state index in [1.54, 1.807) is 0 Å².